The van der Waals surface area contributed by atoms with Crippen molar-refractivity contribution in [2.45, 2.75) is 53.9 Å². The summed E-state index contributed by atoms with van der Waals surface area (Å²) in [6.45, 7) is 10.9. The summed E-state index contributed by atoms with van der Waals surface area (Å²) in [5.74, 6) is 0. The molecule has 0 radical (unpaired) electrons. The highest BCUT2D eigenvalue weighted by molar-refractivity contribution is 5.37. The lowest BCUT2D eigenvalue weighted by Gasteiger charge is -2.12. The molecule has 0 fully saturated rings. The molecule has 14 heavy (non-hydrogen) atoms. The van der Waals surface area contributed by atoms with E-state index in [9.17, 15) is 0 Å². The van der Waals surface area contributed by atoms with Crippen LogP contribution in [0.3, 0.4) is 0 Å². The highest BCUT2D eigenvalue weighted by Crippen LogP contribution is 2.19. The van der Waals surface area contributed by atoms with Gasteiger partial charge in [0.15, 0.2) is 0 Å². The van der Waals surface area contributed by atoms with E-state index in [1.165, 1.54) is 40.9 Å². The lowest BCUT2D eigenvalue weighted by Crippen LogP contribution is -2.02. The molecule has 0 aliphatic heterocycles. The topological polar surface area (TPSA) is 12.9 Å². The van der Waals surface area contributed by atoms with Crippen molar-refractivity contribution >= 4 is 0 Å². The fourth-order valence-corrected chi connectivity index (χ4v) is 1.73. The number of unbranched alkanes of at least 4 members (excludes halogenated alkanes) is 1. The molecular formula is C13H21N. The van der Waals surface area contributed by atoms with Gasteiger partial charge in [-0.1, -0.05) is 13.3 Å². The summed E-state index contributed by atoms with van der Waals surface area (Å²) >= 11 is 0. The van der Waals surface area contributed by atoms with Gasteiger partial charge in [0.05, 0.1) is 0 Å². The van der Waals surface area contributed by atoms with Crippen LogP contribution in [0.15, 0.2) is 0 Å². The third kappa shape index (κ3) is 2.14. The summed E-state index contributed by atoms with van der Waals surface area (Å²) in [4.78, 5) is 4.67. The summed E-state index contributed by atoms with van der Waals surface area (Å²) in [7, 11) is 0. The van der Waals surface area contributed by atoms with Crippen LogP contribution in [-0.4, -0.2) is 4.98 Å². The maximum absolute atomic E-state index is 4.67. The Balaban J connectivity index is 3.06. The van der Waals surface area contributed by atoms with Gasteiger partial charge in [0.1, 0.15) is 0 Å². The largest absolute Gasteiger partial charge is 0.258 e. The zero-order chi connectivity index (χ0) is 10.7. The van der Waals surface area contributed by atoms with Crippen molar-refractivity contribution in [2.24, 2.45) is 0 Å². The quantitative estimate of drug-likeness (QED) is 0.710. The minimum atomic E-state index is 1.13. The zero-order valence-corrected chi connectivity index (χ0v) is 10.1. The van der Waals surface area contributed by atoms with E-state index in [-0.39, 0.29) is 0 Å². The van der Waals surface area contributed by atoms with E-state index in [0.29, 0.717) is 0 Å². The summed E-state index contributed by atoms with van der Waals surface area (Å²) in [6.07, 6.45) is 3.62. The van der Waals surface area contributed by atoms with E-state index in [1.807, 2.05) is 0 Å². The third-order valence-corrected chi connectivity index (χ3v) is 3.17. The molecule has 0 bridgehead atoms. The normalized spacial score (nSPS) is 10.6. The van der Waals surface area contributed by atoms with Gasteiger partial charge < -0.3 is 0 Å². The molecule has 0 spiro atoms. The SMILES string of the molecule is CCCCc1nc(C)c(C)c(C)c1C. The number of hydrogen-bond donors (Lipinski definition) is 0. The average Bonchev–Trinajstić information content (AvgIpc) is 2.18. The molecule has 1 aromatic rings. The summed E-state index contributed by atoms with van der Waals surface area (Å²) in [5, 5.41) is 0. The number of hydrogen-bond acceptors (Lipinski definition) is 1. The molecule has 0 atom stereocenters. The smallest absolute Gasteiger partial charge is 0.0438 e. The van der Waals surface area contributed by atoms with Crippen molar-refractivity contribution in [2.75, 3.05) is 0 Å². The lowest BCUT2D eigenvalue weighted by molar-refractivity contribution is 0.765. The number of rotatable bonds is 3. The first-order valence-corrected chi connectivity index (χ1v) is 5.51. The Labute approximate surface area is 87.6 Å². The number of aryl methyl sites for hydroxylation is 2. The molecule has 0 N–H and O–H groups in total. The fourth-order valence-electron chi connectivity index (χ4n) is 1.73. The van der Waals surface area contributed by atoms with Crippen molar-refractivity contribution in [3.63, 3.8) is 0 Å². The summed E-state index contributed by atoms with van der Waals surface area (Å²) in [5.41, 5.74) is 6.65. The number of pyridine rings is 1. The van der Waals surface area contributed by atoms with Gasteiger partial charge >= 0.3 is 0 Å². The Bertz CT molecular complexity index is 326. The second kappa shape index (κ2) is 4.59. The monoisotopic (exact) mass is 191 g/mol. The predicted molar refractivity (Wildman–Crippen MR) is 61.8 cm³/mol. The zero-order valence-electron chi connectivity index (χ0n) is 10.1. The first-order valence-electron chi connectivity index (χ1n) is 5.51. The summed E-state index contributed by atoms with van der Waals surface area (Å²) in [6, 6.07) is 0. The van der Waals surface area contributed by atoms with E-state index in [0.717, 1.165) is 6.42 Å². The molecule has 0 amide bonds. The Morgan fingerprint density at radius 1 is 0.929 bits per heavy atom. The minimum absolute atomic E-state index is 1.13. The van der Waals surface area contributed by atoms with Crippen LogP contribution in [0.2, 0.25) is 0 Å². The van der Waals surface area contributed by atoms with Crippen LogP contribution in [0.5, 0.6) is 0 Å². The highest BCUT2D eigenvalue weighted by atomic mass is 14.7. The van der Waals surface area contributed by atoms with Crippen molar-refractivity contribution < 1.29 is 0 Å². The molecule has 0 unspecified atom stereocenters. The summed E-state index contributed by atoms with van der Waals surface area (Å²) < 4.78 is 0. The van der Waals surface area contributed by atoms with Crippen LogP contribution in [0.25, 0.3) is 0 Å². The molecular weight excluding hydrogens is 170 g/mol. The van der Waals surface area contributed by atoms with Crippen LogP contribution in [0.4, 0.5) is 0 Å². The molecule has 0 aliphatic rings. The first-order chi connectivity index (χ1) is 6.57. The fraction of sp³-hybridized carbons (Fsp3) is 0.615. The molecule has 1 aromatic heterocycles. The molecule has 0 saturated carbocycles. The van der Waals surface area contributed by atoms with Gasteiger partial charge in [0.2, 0.25) is 0 Å². The second-order valence-electron chi connectivity index (χ2n) is 4.12. The molecule has 78 valence electrons. The maximum Gasteiger partial charge on any atom is 0.0438 e. The highest BCUT2D eigenvalue weighted by Gasteiger charge is 2.07. The van der Waals surface area contributed by atoms with Gasteiger partial charge in [-0.15, -0.1) is 0 Å². The average molecular weight is 191 g/mol. The van der Waals surface area contributed by atoms with Crippen LogP contribution < -0.4 is 0 Å². The lowest BCUT2D eigenvalue weighted by atomic mass is 9.99. The number of nitrogens with zero attached hydrogens (tertiary/aromatic N) is 1. The van der Waals surface area contributed by atoms with Crippen LogP contribution in [-0.2, 0) is 6.42 Å². The number of aromatic nitrogens is 1. The maximum atomic E-state index is 4.67. The van der Waals surface area contributed by atoms with Crippen molar-refractivity contribution in [1.82, 2.24) is 4.98 Å². The van der Waals surface area contributed by atoms with Crippen LogP contribution >= 0.6 is 0 Å². The second-order valence-corrected chi connectivity index (χ2v) is 4.12. The van der Waals surface area contributed by atoms with Crippen molar-refractivity contribution in [1.29, 1.82) is 0 Å². The molecule has 0 aliphatic carbocycles. The Hall–Kier alpha value is -0.850. The molecule has 0 saturated heterocycles. The van der Waals surface area contributed by atoms with Crippen LogP contribution in [0, 0.1) is 27.7 Å². The molecule has 1 rings (SSSR count). The van der Waals surface area contributed by atoms with Gasteiger partial charge in [0, 0.05) is 11.4 Å². The van der Waals surface area contributed by atoms with E-state index >= 15 is 0 Å². The Morgan fingerprint density at radius 2 is 1.57 bits per heavy atom. The van der Waals surface area contributed by atoms with E-state index in [4.69, 9.17) is 0 Å². The van der Waals surface area contributed by atoms with Crippen molar-refractivity contribution in [3.05, 3.63) is 28.1 Å². The van der Waals surface area contributed by atoms with E-state index in [2.05, 4.69) is 39.6 Å². The Kier molecular flexibility index (Phi) is 3.68. The van der Waals surface area contributed by atoms with Gasteiger partial charge in [-0.25, -0.2) is 0 Å². The van der Waals surface area contributed by atoms with Crippen LogP contribution in [0.1, 0.15) is 47.8 Å². The first kappa shape index (κ1) is 11.2. The van der Waals surface area contributed by atoms with Gasteiger partial charge in [-0.3, -0.25) is 4.98 Å². The predicted octanol–water partition coefficient (Wildman–Crippen LogP) is 3.66. The van der Waals surface area contributed by atoms with Gasteiger partial charge in [0.25, 0.3) is 0 Å². The minimum Gasteiger partial charge on any atom is -0.258 e. The van der Waals surface area contributed by atoms with E-state index in [1.54, 1.807) is 0 Å². The molecule has 1 heterocycles. The molecule has 1 nitrogen and oxygen atoms in total. The molecule has 1 heteroatoms. The van der Waals surface area contributed by atoms with E-state index < -0.39 is 0 Å². The molecule has 0 aromatic carbocycles. The van der Waals surface area contributed by atoms with Crippen molar-refractivity contribution in [3.8, 4) is 0 Å². The standard InChI is InChI=1S/C13H21N/c1-6-7-8-13-11(4)9(2)10(3)12(5)14-13/h6-8H2,1-5H3. The van der Waals surface area contributed by atoms with Gasteiger partial charge in [-0.2, -0.15) is 0 Å². The third-order valence-electron chi connectivity index (χ3n) is 3.17. The van der Waals surface area contributed by atoms with Gasteiger partial charge in [-0.05, 0) is 57.2 Å². The Morgan fingerprint density at radius 3 is 2.14 bits per heavy atom.